The molecule has 1 N–H and O–H groups in total. The van der Waals surface area contributed by atoms with Gasteiger partial charge in [-0.1, -0.05) is 41.2 Å². The first kappa shape index (κ1) is 17.6. The third-order valence-corrected chi connectivity index (χ3v) is 4.69. The second-order valence-corrected chi connectivity index (χ2v) is 6.55. The van der Waals surface area contributed by atoms with Crippen LogP contribution >= 0.6 is 11.3 Å². The number of benzene rings is 2. The second-order valence-electron chi connectivity index (χ2n) is 5.32. The summed E-state index contributed by atoms with van der Waals surface area (Å²) in [4.78, 5) is 0. The zero-order chi connectivity index (χ0) is 15.4. The fourth-order valence-corrected chi connectivity index (χ4v) is 3.48. The van der Waals surface area contributed by atoms with Gasteiger partial charge in [0.05, 0.1) is 5.69 Å². The number of aromatic nitrogens is 1. The maximum Gasteiger partial charge on any atom is 0.235 e. The molecule has 0 atom stereocenters. The van der Waals surface area contributed by atoms with Crippen molar-refractivity contribution < 1.29 is 21.5 Å². The average Bonchev–Trinajstić information content (AvgIpc) is 2.85. The third-order valence-electron chi connectivity index (χ3n) is 3.61. The van der Waals surface area contributed by atoms with Crippen molar-refractivity contribution in [2.75, 3.05) is 5.43 Å². The minimum Gasteiger partial charge on any atom is -1.00 e. The topological polar surface area (TPSA) is 28.3 Å². The van der Waals surface area contributed by atoms with Gasteiger partial charge in [0.15, 0.2) is 6.54 Å². The number of hydrogen-bond acceptors (Lipinski definition) is 3. The van der Waals surface area contributed by atoms with E-state index in [9.17, 15) is 0 Å². The van der Waals surface area contributed by atoms with Crippen molar-refractivity contribution >= 4 is 33.5 Å². The smallest absolute Gasteiger partial charge is 0.235 e. The monoisotopic (exact) mass is 389 g/mol. The van der Waals surface area contributed by atoms with E-state index in [4.69, 9.17) is 0 Å². The fourth-order valence-electron chi connectivity index (χ4n) is 2.43. The van der Waals surface area contributed by atoms with Crippen LogP contribution in [0.15, 0.2) is 53.6 Å². The molecular formula is C18H20BrN3S. The van der Waals surface area contributed by atoms with E-state index in [1.165, 1.54) is 20.8 Å². The van der Waals surface area contributed by atoms with Crippen LogP contribution < -0.4 is 27.0 Å². The van der Waals surface area contributed by atoms with E-state index in [0.717, 1.165) is 18.7 Å². The van der Waals surface area contributed by atoms with Gasteiger partial charge in [0.2, 0.25) is 10.5 Å². The summed E-state index contributed by atoms with van der Waals surface area (Å²) >= 11 is 1.84. The number of anilines is 1. The van der Waals surface area contributed by atoms with Crippen LogP contribution in [0.25, 0.3) is 10.2 Å². The number of para-hydroxylation sites is 1. The molecule has 0 saturated carbocycles. The molecule has 23 heavy (non-hydrogen) atoms. The van der Waals surface area contributed by atoms with Crippen LogP contribution in [-0.2, 0) is 6.54 Å². The van der Waals surface area contributed by atoms with Crippen molar-refractivity contribution in [1.29, 1.82) is 0 Å². The predicted octanol–water partition coefficient (Wildman–Crippen LogP) is 1.30. The number of aryl methyl sites for hydroxylation is 3. The highest BCUT2D eigenvalue weighted by Gasteiger charge is 2.15. The lowest BCUT2D eigenvalue weighted by molar-refractivity contribution is -0.671. The quantitative estimate of drug-likeness (QED) is 0.397. The van der Waals surface area contributed by atoms with Crippen LogP contribution in [0, 0.1) is 13.8 Å². The lowest BCUT2D eigenvalue weighted by Crippen LogP contribution is -3.00. The van der Waals surface area contributed by atoms with Crippen LogP contribution in [0.1, 0.15) is 17.0 Å². The van der Waals surface area contributed by atoms with Crippen molar-refractivity contribution in [3.05, 3.63) is 59.1 Å². The van der Waals surface area contributed by atoms with Crippen molar-refractivity contribution in [3.8, 4) is 0 Å². The van der Waals surface area contributed by atoms with Gasteiger partial charge in [-0.15, -0.1) is 0 Å². The summed E-state index contributed by atoms with van der Waals surface area (Å²) in [6, 6.07) is 16.8. The average molecular weight is 390 g/mol. The van der Waals surface area contributed by atoms with E-state index in [2.05, 4.69) is 65.3 Å². The summed E-state index contributed by atoms with van der Waals surface area (Å²) in [5.74, 6) is 0. The summed E-state index contributed by atoms with van der Waals surface area (Å²) in [6.45, 7) is 5.21. The Balaban J connectivity index is 0.00000192. The standard InChI is InChI=1S/C18H20N3S.BrH/c1-14-8-10-16(11-9-14)20-19-12-5-13-21-15(2)22-18-7-4-3-6-17(18)21;/h3-4,6-12,20H,5,13H2,1-2H3;1H/q+1;/p-1. The molecule has 0 unspecified atom stereocenters. The molecule has 2 aromatic carbocycles. The van der Waals surface area contributed by atoms with Crippen molar-refractivity contribution in [2.24, 2.45) is 5.10 Å². The Morgan fingerprint density at radius 3 is 2.61 bits per heavy atom. The number of nitrogens with zero attached hydrogens (tertiary/aromatic N) is 2. The molecule has 0 amide bonds. The molecule has 5 heteroatoms. The maximum absolute atomic E-state index is 4.30. The van der Waals surface area contributed by atoms with E-state index in [0.29, 0.717) is 0 Å². The lowest BCUT2D eigenvalue weighted by Gasteiger charge is -1.99. The Morgan fingerprint density at radius 2 is 1.83 bits per heavy atom. The minimum absolute atomic E-state index is 0. The fraction of sp³-hybridized carbons (Fsp3) is 0.222. The molecule has 120 valence electrons. The largest absolute Gasteiger partial charge is 1.00 e. The predicted molar refractivity (Wildman–Crippen MR) is 94.7 cm³/mol. The number of nitrogens with one attached hydrogen (secondary N) is 1. The van der Waals surface area contributed by atoms with E-state index < -0.39 is 0 Å². The number of rotatable bonds is 5. The Labute approximate surface area is 151 Å². The van der Waals surface area contributed by atoms with Crippen LogP contribution in [0.5, 0.6) is 0 Å². The Bertz CT molecular complexity index is 794. The maximum atomic E-state index is 4.30. The zero-order valence-electron chi connectivity index (χ0n) is 13.3. The summed E-state index contributed by atoms with van der Waals surface area (Å²) in [5.41, 5.74) is 6.65. The molecule has 0 fully saturated rings. The van der Waals surface area contributed by atoms with E-state index >= 15 is 0 Å². The van der Waals surface area contributed by atoms with Gasteiger partial charge in [-0.3, -0.25) is 5.43 Å². The highest BCUT2D eigenvalue weighted by Crippen LogP contribution is 2.19. The van der Waals surface area contributed by atoms with E-state index in [1.807, 2.05) is 29.7 Å². The number of fused-ring (bicyclic) bond motifs is 1. The highest BCUT2D eigenvalue weighted by atomic mass is 79.9. The molecular weight excluding hydrogens is 370 g/mol. The van der Waals surface area contributed by atoms with Gasteiger partial charge in [0.1, 0.15) is 4.70 Å². The Hall–Kier alpha value is -1.72. The molecule has 0 aliphatic carbocycles. The second kappa shape index (κ2) is 8.22. The Morgan fingerprint density at radius 1 is 1.09 bits per heavy atom. The summed E-state index contributed by atoms with van der Waals surface area (Å²) in [7, 11) is 0. The van der Waals surface area contributed by atoms with E-state index in [-0.39, 0.29) is 17.0 Å². The first-order valence-electron chi connectivity index (χ1n) is 7.46. The van der Waals surface area contributed by atoms with Gasteiger partial charge >= 0.3 is 0 Å². The number of hydrogen-bond donors (Lipinski definition) is 1. The van der Waals surface area contributed by atoms with Gasteiger partial charge in [-0.05, 0) is 25.1 Å². The number of halogens is 1. The van der Waals surface area contributed by atoms with Crippen LogP contribution in [0.4, 0.5) is 5.69 Å². The molecule has 0 radical (unpaired) electrons. The molecule has 1 aromatic heterocycles. The first-order valence-corrected chi connectivity index (χ1v) is 8.28. The molecule has 0 saturated heterocycles. The summed E-state index contributed by atoms with van der Waals surface area (Å²) < 4.78 is 3.70. The molecule has 1 heterocycles. The lowest BCUT2D eigenvalue weighted by atomic mass is 10.2. The number of hydrazone groups is 1. The molecule has 3 aromatic rings. The molecule has 3 rings (SSSR count). The number of thiazole rings is 1. The zero-order valence-corrected chi connectivity index (χ0v) is 15.7. The SMILES string of the molecule is Cc1ccc(NN=CCC[n+]2c(C)sc3ccccc32)cc1.[Br-]. The van der Waals surface area contributed by atoms with Crippen LogP contribution in [0.2, 0.25) is 0 Å². The summed E-state index contributed by atoms with van der Waals surface area (Å²) in [5, 5.41) is 5.63. The molecule has 0 aliphatic rings. The first-order chi connectivity index (χ1) is 10.7. The van der Waals surface area contributed by atoms with Crippen LogP contribution in [0.3, 0.4) is 0 Å². The minimum atomic E-state index is 0. The van der Waals surface area contributed by atoms with E-state index in [1.54, 1.807) is 0 Å². The molecule has 0 bridgehead atoms. The van der Waals surface area contributed by atoms with Gasteiger partial charge in [-0.25, -0.2) is 0 Å². The molecule has 0 spiro atoms. The third kappa shape index (κ3) is 4.39. The Kier molecular flexibility index (Phi) is 6.30. The van der Waals surface area contributed by atoms with Crippen molar-refractivity contribution in [1.82, 2.24) is 0 Å². The van der Waals surface area contributed by atoms with Crippen molar-refractivity contribution in [2.45, 2.75) is 26.8 Å². The van der Waals surface area contributed by atoms with Gasteiger partial charge < -0.3 is 17.0 Å². The van der Waals surface area contributed by atoms with Crippen LogP contribution in [-0.4, -0.2) is 6.21 Å². The van der Waals surface area contributed by atoms with Gasteiger partial charge in [0, 0.05) is 25.6 Å². The van der Waals surface area contributed by atoms with Gasteiger partial charge in [-0.2, -0.15) is 9.67 Å². The summed E-state index contributed by atoms with van der Waals surface area (Å²) in [6.07, 6.45) is 2.85. The molecule has 0 aliphatic heterocycles. The normalized spacial score (nSPS) is 10.9. The van der Waals surface area contributed by atoms with Crippen molar-refractivity contribution in [3.63, 3.8) is 0 Å². The van der Waals surface area contributed by atoms with Gasteiger partial charge in [0.25, 0.3) is 0 Å². The highest BCUT2D eigenvalue weighted by molar-refractivity contribution is 7.18. The molecule has 3 nitrogen and oxygen atoms in total.